The van der Waals surface area contributed by atoms with Crippen molar-refractivity contribution in [3.63, 3.8) is 0 Å². The third-order valence-electron chi connectivity index (χ3n) is 3.06. The SMILES string of the molecule is CC(C)c1ccc2c(n1)CCC(N)C2O. The molecule has 0 aromatic carbocycles. The second-order valence-corrected chi connectivity index (χ2v) is 4.57. The smallest absolute Gasteiger partial charge is 0.0958 e. The summed E-state index contributed by atoms with van der Waals surface area (Å²) in [5.74, 6) is 0.433. The lowest BCUT2D eigenvalue weighted by atomic mass is 9.89. The van der Waals surface area contributed by atoms with Crippen molar-refractivity contribution < 1.29 is 5.11 Å². The summed E-state index contributed by atoms with van der Waals surface area (Å²) < 4.78 is 0. The first-order valence-electron chi connectivity index (χ1n) is 5.53. The Morgan fingerprint density at radius 3 is 2.87 bits per heavy atom. The van der Waals surface area contributed by atoms with Gasteiger partial charge in [0.15, 0.2) is 0 Å². The molecule has 2 atom stereocenters. The molecule has 1 aromatic heterocycles. The molecule has 0 radical (unpaired) electrons. The maximum Gasteiger partial charge on any atom is 0.0958 e. The minimum Gasteiger partial charge on any atom is -0.387 e. The fourth-order valence-electron chi connectivity index (χ4n) is 2.01. The molecule has 15 heavy (non-hydrogen) atoms. The highest BCUT2D eigenvalue weighted by atomic mass is 16.3. The monoisotopic (exact) mass is 206 g/mol. The van der Waals surface area contributed by atoms with Crippen molar-refractivity contribution in [1.29, 1.82) is 0 Å². The highest BCUT2D eigenvalue weighted by Gasteiger charge is 2.26. The molecule has 3 heteroatoms. The van der Waals surface area contributed by atoms with Gasteiger partial charge in [-0.05, 0) is 24.8 Å². The van der Waals surface area contributed by atoms with Gasteiger partial charge < -0.3 is 10.8 Å². The second-order valence-electron chi connectivity index (χ2n) is 4.57. The van der Waals surface area contributed by atoms with Crippen molar-refractivity contribution >= 4 is 0 Å². The Hall–Kier alpha value is -0.930. The molecule has 0 spiro atoms. The van der Waals surface area contributed by atoms with Gasteiger partial charge in [-0.2, -0.15) is 0 Å². The average molecular weight is 206 g/mol. The number of nitrogens with zero attached hydrogens (tertiary/aromatic N) is 1. The van der Waals surface area contributed by atoms with Crippen LogP contribution in [0.3, 0.4) is 0 Å². The summed E-state index contributed by atoms with van der Waals surface area (Å²) in [5, 5.41) is 9.89. The number of aryl methyl sites for hydroxylation is 1. The molecule has 0 amide bonds. The maximum absolute atomic E-state index is 9.89. The molecule has 82 valence electrons. The summed E-state index contributed by atoms with van der Waals surface area (Å²) in [4.78, 5) is 4.58. The summed E-state index contributed by atoms with van der Waals surface area (Å²) in [7, 11) is 0. The Kier molecular flexibility index (Phi) is 2.76. The molecule has 1 aromatic rings. The van der Waals surface area contributed by atoms with Crippen LogP contribution in [0.1, 0.15) is 49.2 Å². The molecular weight excluding hydrogens is 188 g/mol. The zero-order valence-corrected chi connectivity index (χ0v) is 9.27. The largest absolute Gasteiger partial charge is 0.387 e. The van der Waals surface area contributed by atoms with E-state index in [2.05, 4.69) is 18.8 Å². The van der Waals surface area contributed by atoms with Crippen LogP contribution in [0.2, 0.25) is 0 Å². The van der Waals surface area contributed by atoms with Gasteiger partial charge in [-0.3, -0.25) is 4.98 Å². The van der Waals surface area contributed by atoms with Gasteiger partial charge in [-0.25, -0.2) is 0 Å². The molecule has 1 heterocycles. The summed E-state index contributed by atoms with van der Waals surface area (Å²) >= 11 is 0. The molecule has 1 aliphatic rings. The van der Waals surface area contributed by atoms with Gasteiger partial charge in [-0.15, -0.1) is 0 Å². The molecule has 0 saturated heterocycles. The van der Waals surface area contributed by atoms with Crippen molar-refractivity contribution in [2.45, 2.75) is 44.8 Å². The van der Waals surface area contributed by atoms with E-state index in [0.29, 0.717) is 5.92 Å². The van der Waals surface area contributed by atoms with Crippen molar-refractivity contribution in [3.05, 3.63) is 29.1 Å². The number of aromatic nitrogens is 1. The van der Waals surface area contributed by atoms with E-state index in [-0.39, 0.29) is 6.04 Å². The Morgan fingerprint density at radius 2 is 2.20 bits per heavy atom. The normalized spacial score (nSPS) is 25.4. The maximum atomic E-state index is 9.89. The van der Waals surface area contributed by atoms with Gasteiger partial charge in [-0.1, -0.05) is 19.9 Å². The summed E-state index contributed by atoms with van der Waals surface area (Å²) in [5.41, 5.74) is 8.85. The molecule has 1 aliphatic carbocycles. The molecule has 0 bridgehead atoms. The molecule has 2 unspecified atom stereocenters. The van der Waals surface area contributed by atoms with Crippen LogP contribution in [-0.4, -0.2) is 16.1 Å². The van der Waals surface area contributed by atoms with E-state index >= 15 is 0 Å². The number of fused-ring (bicyclic) bond motifs is 1. The summed E-state index contributed by atoms with van der Waals surface area (Å²) in [6.07, 6.45) is 1.17. The van der Waals surface area contributed by atoms with Gasteiger partial charge >= 0.3 is 0 Å². The molecule has 3 N–H and O–H groups in total. The van der Waals surface area contributed by atoms with Gasteiger partial charge in [0.1, 0.15) is 0 Å². The number of nitrogens with two attached hydrogens (primary N) is 1. The van der Waals surface area contributed by atoms with E-state index in [9.17, 15) is 5.11 Å². The Labute approximate surface area is 90.3 Å². The highest BCUT2D eigenvalue weighted by molar-refractivity contribution is 5.29. The molecule has 0 fully saturated rings. The Morgan fingerprint density at radius 1 is 1.47 bits per heavy atom. The van der Waals surface area contributed by atoms with Crippen LogP contribution in [0.5, 0.6) is 0 Å². The van der Waals surface area contributed by atoms with Crippen LogP contribution >= 0.6 is 0 Å². The minimum absolute atomic E-state index is 0.135. The fourth-order valence-corrected chi connectivity index (χ4v) is 2.01. The first-order chi connectivity index (χ1) is 7.09. The van der Waals surface area contributed by atoms with Crippen molar-refractivity contribution in [3.8, 4) is 0 Å². The number of aliphatic hydroxyl groups excluding tert-OH is 1. The van der Waals surface area contributed by atoms with Crippen LogP contribution in [-0.2, 0) is 6.42 Å². The summed E-state index contributed by atoms with van der Waals surface area (Å²) in [6.45, 7) is 4.25. The lowest BCUT2D eigenvalue weighted by Gasteiger charge is -2.27. The minimum atomic E-state index is -0.539. The Bertz CT molecular complexity index is 363. The van der Waals surface area contributed by atoms with Crippen LogP contribution in [0.15, 0.2) is 12.1 Å². The van der Waals surface area contributed by atoms with Gasteiger partial charge in [0.25, 0.3) is 0 Å². The Balaban J connectivity index is 2.38. The molecular formula is C12H18N2O. The third-order valence-corrected chi connectivity index (χ3v) is 3.06. The second kappa shape index (κ2) is 3.91. The topological polar surface area (TPSA) is 59.1 Å². The van der Waals surface area contributed by atoms with Crippen molar-refractivity contribution in [1.82, 2.24) is 4.98 Å². The lowest BCUT2D eigenvalue weighted by molar-refractivity contribution is 0.132. The quantitative estimate of drug-likeness (QED) is 0.732. The van der Waals surface area contributed by atoms with E-state index in [1.54, 1.807) is 0 Å². The molecule has 0 saturated carbocycles. The van der Waals surface area contributed by atoms with E-state index in [4.69, 9.17) is 5.73 Å². The summed E-state index contributed by atoms with van der Waals surface area (Å²) in [6, 6.07) is 3.83. The van der Waals surface area contributed by atoms with Gasteiger partial charge in [0.05, 0.1) is 6.10 Å². The zero-order chi connectivity index (χ0) is 11.0. The lowest BCUT2D eigenvalue weighted by Crippen LogP contribution is -2.33. The highest BCUT2D eigenvalue weighted by Crippen LogP contribution is 2.28. The number of aliphatic hydroxyl groups is 1. The van der Waals surface area contributed by atoms with Crippen molar-refractivity contribution in [2.24, 2.45) is 5.73 Å². The van der Waals surface area contributed by atoms with E-state index < -0.39 is 6.10 Å². The van der Waals surface area contributed by atoms with Gasteiger partial charge in [0, 0.05) is 23.0 Å². The average Bonchev–Trinajstić information content (AvgIpc) is 2.23. The predicted molar refractivity (Wildman–Crippen MR) is 59.6 cm³/mol. The number of hydrogen-bond donors (Lipinski definition) is 2. The van der Waals surface area contributed by atoms with Gasteiger partial charge in [0.2, 0.25) is 0 Å². The third kappa shape index (κ3) is 1.90. The number of rotatable bonds is 1. The molecule has 0 aliphatic heterocycles. The van der Waals surface area contributed by atoms with E-state index in [1.165, 1.54) is 0 Å². The van der Waals surface area contributed by atoms with Crippen LogP contribution in [0.4, 0.5) is 0 Å². The molecule has 2 rings (SSSR count). The standard InChI is InChI=1S/C12H18N2O/c1-7(2)10-5-3-8-11(14-10)6-4-9(13)12(8)15/h3,5,7,9,12,15H,4,6,13H2,1-2H3. The zero-order valence-electron chi connectivity index (χ0n) is 9.27. The van der Waals surface area contributed by atoms with E-state index in [1.807, 2.05) is 12.1 Å². The number of pyridine rings is 1. The molecule has 3 nitrogen and oxygen atoms in total. The van der Waals surface area contributed by atoms with E-state index in [0.717, 1.165) is 29.8 Å². The first-order valence-corrected chi connectivity index (χ1v) is 5.53. The van der Waals surface area contributed by atoms with Crippen LogP contribution < -0.4 is 5.73 Å². The van der Waals surface area contributed by atoms with Crippen LogP contribution in [0.25, 0.3) is 0 Å². The fraction of sp³-hybridized carbons (Fsp3) is 0.583. The number of hydrogen-bond acceptors (Lipinski definition) is 3. The first kappa shape index (κ1) is 10.6. The van der Waals surface area contributed by atoms with Crippen LogP contribution in [0, 0.1) is 0 Å². The predicted octanol–water partition coefficient (Wildman–Crippen LogP) is 1.51. The van der Waals surface area contributed by atoms with Crippen molar-refractivity contribution in [2.75, 3.05) is 0 Å².